The van der Waals surface area contributed by atoms with Crippen LogP contribution in [-0.2, 0) is 16.1 Å². The maximum Gasteiger partial charge on any atom is 0.242 e. The number of aryl methyl sites for hydroxylation is 1. The normalized spacial score (nSPS) is 11.6. The lowest BCUT2D eigenvalue weighted by atomic mass is 10.1. The number of amides is 2. The number of hydrogen-bond donors (Lipinski definition) is 1. The van der Waals surface area contributed by atoms with Gasteiger partial charge in [-0.25, -0.2) is 0 Å². The summed E-state index contributed by atoms with van der Waals surface area (Å²) < 4.78 is 5.69. The van der Waals surface area contributed by atoms with Crippen LogP contribution in [0.15, 0.2) is 54.6 Å². The van der Waals surface area contributed by atoms with E-state index in [0.29, 0.717) is 39.0 Å². The lowest BCUT2D eigenvalue weighted by Crippen LogP contribution is -2.49. The van der Waals surface area contributed by atoms with Crippen molar-refractivity contribution in [1.82, 2.24) is 10.2 Å². The van der Waals surface area contributed by atoms with Crippen molar-refractivity contribution in [3.8, 4) is 5.75 Å². The molecule has 0 bridgehead atoms. The van der Waals surface area contributed by atoms with E-state index in [9.17, 15) is 9.59 Å². The maximum absolute atomic E-state index is 13.0. The van der Waals surface area contributed by atoms with Gasteiger partial charge in [-0.15, -0.1) is 0 Å². The number of nitrogens with zero attached hydrogens (tertiary/aromatic N) is 1. The molecule has 2 amide bonds. The van der Waals surface area contributed by atoms with Crippen LogP contribution in [0.2, 0.25) is 0 Å². The highest BCUT2D eigenvalue weighted by molar-refractivity contribution is 5.87. The molecule has 1 atom stereocenters. The minimum absolute atomic E-state index is 0.0275. The second kappa shape index (κ2) is 11.9. The molecule has 0 unspecified atom stereocenters. The SMILES string of the molecule is CCNC(=O)[C@@H](CC)N(Cc1ccc(C)cc1)C(=O)CCCOc1ccccc1. The van der Waals surface area contributed by atoms with Gasteiger partial charge in [-0.2, -0.15) is 0 Å². The van der Waals surface area contributed by atoms with E-state index >= 15 is 0 Å². The van der Waals surface area contributed by atoms with Crippen molar-refractivity contribution >= 4 is 11.8 Å². The van der Waals surface area contributed by atoms with Gasteiger partial charge in [-0.3, -0.25) is 9.59 Å². The largest absolute Gasteiger partial charge is 0.494 e. The van der Waals surface area contributed by atoms with Crippen LogP contribution in [0.4, 0.5) is 0 Å². The molecule has 0 fully saturated rings. The Morgan fingerprint density at radius 3 is 2.34 bits per heavy atom. The summed E-state index contributed by atoms with van der Waals surface area (Å²) in [6.07, 6.45) is 1.52. The number of hydrogen-bond acceptors (Lipinski definition) is 3. The van der Waals surface area contributed by atoms with E-state index < -0.39 is 6.04 Å². The first-order valence-electron chi connectivity index (χ1n) is 10.4. The predicted octanol–water partition coefficient (Wildman–Crippen LogP) is 4.10. The van der Waals surface area contributed by atoms with E-state index in [1.807, 2.05) is 75.4 Å². The van der Waals surface area contributed by atoms with Crippen molar-refractivity contribution in [3.63, 3.8) is 0 Å². The molecular formula is C24H32N2O3. The fourth-order valence-electron chi connectivity index (χ4n) is 3.18. The van der Waals surface area contributed by atoms with Gasteiger partial charge >= 0.3 is 0 Å². The molecule has 29 heavy (non-hydrogen) atoms. The number of nitrogens with one attached hydrogen (secondary N) is 1. The predicted molar refractivity (Wildman–Crippen MR) is 116 cm³/mol. The van der Waals surface area contributed by atoms with Gasteiger partial charge in [-0.1, -0.05) is 55.0 Å². The Bertz CT molecular complexity index is 759. The van der Waals surface area contributed by atoms with Crippen molar-refractivity contribution in [3.05, 3.63) is 65.7 Å². The molecule has 2 aromatic carbocycles. The zero-order chi connectivity index (χ0) is 21.1. The van der Waals surface area contributed by atoms with Crippen molar-refractivity contribution in [2.45, 2.75) is 52.6 Å². The fraction of sp³-hybridized carbons (Fsp3) is 0.417. The Hall–Kier alpha value is -2.82. The summed E-state index contributed by atoms with van der Waals surface area (Å²) in [5.74, 6) is 0.668. The van der Waals surface area contributed by atoms with Crippen LogP contribution < -0.4 is 10.1 Å². The topological polar surface area (TPSA) is 58.6 Å². The van der Waals surface area contributed by atoms with Gasteiger partial charge in [0, 0.05) is 19.5 Å². The second-order valence-electron chi connectivity index (χ2n) is 7.09. The monoisotopic (exact) mass is 396 g/mol. The first kappa shape index (κ1) is 22.5. The van der Waals surface area contributed by atoms with Crippen LogP contribution in [0.1, 0.15) is 44.2 Å². The molecule has 5 heteroatoms. The van der Waals surface area contributed by atoms with Crippen LogP contribution in [0.25, 0.3) is 0 Å². The lowest BCUT2D eigenvalue weighted by molar-refractivity contribution is -0.141. The average Bonchev–Trinajstić information content (AvgIpc) is 2.73. The third kappa shape index (κ3) is 7.26. The smallest absolute Gasteiger partial charge is 0.242 e. The van der Waals surface area contributed by atoms with Crippen LogP contribution >= 0.6 is 0 Å². The van der Waals surface area contributed by atoms with Gasteiger partial charge in [0.15, 0.2) is 0 Å². The van der Waals surface area contributed by atoms with E-state index in [2.05, 4.69) is 5.32 Å². The minimum Gasteiger partial charge on any atom is -0.494 e. The van der Waals surface area contributed by atoms with Crippen LogP contribution in [0.3, 0.4) is 0 Å². The van der Waals surface area contributed by atoms with Gasteiger partial charge < -0.3 is 15.0 Å². The molecule has 2 rings (SSSR count). The van der Waals surface area contributed by atoms with Crippen molar-refractivity contribution in [2.24, 2.45) is 0 Å². The van der Waals surface area contributed by atoms with Crippen molar-refractivity contribution in [1.29, 1.82) is 0 Å². The Morgan fingerprint density at radius 2 is 1.72 bits per heavy atom. The molecule has 2 aromatic rings. The summed E-state index contributed by atoms with van der Waals surface area (Å²) >= 11 is 0. The Labute approximate surface area is 174 Å². The fourth-order valence-corrected chi connectivity index (χ4v) is 3.18. The maximum atomic E-state index is 13.0. The summed E-state index contributed by atoms with van der Waals surface area (Å²) in [4.78, 5) is 27.3. The minimum atomic E-state index is -0.473. The summed E-state index contributed by atoms with van der Waals surface area (Å²) in [5, 5.41) is 2.86. The zero-order valence-electron chi connectivity index (χ0n) is 17.7. The molecule has 0 spiro atoms. The van der Waals surface area contributed by atoms with Gasteiger partial charge in [-0.05, 0) is 44.4 Å². The third-order valence-corrected chi connectivity index (χ3v) is 4.76. The summed E-state index contributed by atoms with van der Waals surface area (Å²) in [7, 11) is 0. The van der Waals surface area contributed by atoms with E-state index in [0.717, 1.165) is 11.3 Å². The molecule has 0 heterocycles. The number of rotatable bonds is 11. The molecule has 0 saturated heterocycles. The molecule has 0 aliphatic rings. The van der Waals surface area contributed by atoms with Gasteiger partial charge in [0.1, 0.15) is 11.8 Å². The van der Waals surface area contributed by atoms with Gasteiger partial charge in [0.25, 0.3) is 0 Å². The summed E-state index contributed by atoms with van der Waals surface area (Å²) in [6, 6.07) is 17.2. The van der Waals surface area contributed by atoms with E-state index in [1.165, 1.54) is 5.56 Å². The Kier molecular flexibility index (Phi) is 9.22. The number of para-hydroxylation sites is 1. The first-order chi connectivity index (χ1) is 14.0. The van der Waals surface area contributed by atoms with Gasteiger partial charge in [0.05, 0.1) is 6.61 Å². The highest BCUT2D eigenvalue weighted by Crippen LogP contribution is 2.15. The molecule has 1 N–H and O–H groups in total. The zero-order valence-corrected chi connectivity index (χ0v) is 17.7. The first-order valence-corrected chi connectivity index (χ1v) is 10.4. The Balaban J connectivity index is 2.02. The number of ether oxygens (including phenoxy) is 1. The molecule has 0 aromatic heterocycles. The molecule has 156 valence electrons. The van der Waals surface area contributed by atoms with Crippen LogP contribution in [-0.4, -0.2) is 35.9 Å². The highest BCUT2D eigenvalue weighted by Gasteiger charge is 2.27. The molecule has 0 saturated carbocycles. The van der Waals surface area contributed by atoms with E-state index in [4.69, 9.17) is 4.74 Å². The van der Waals surface area contributed by atoms with Crippen molar-refractivity contribution < 1.29 is 14.3 Å². The molecular weight excluding hydrogens is 364 g/mol. The quantitative estimate of drug-likeness (QED) is 0.582. The molecule has 0 radical (unpaired) electrons. The van der Waals surface area contributed by atoms with E-state index in [-0.39, 0.29) is 11.8 Å². The second-order valence-corrected chi connectivity index (χ2v) is 7.09. The third-order valence-electron chi connectivity index (χ3n) is 4.76. The Morgan fingerprint density at radius 1 is 1.03 bits per heavy atom. The van der Waals surface area contributed by atoms with E-state index in [1.54, 1.807) is 4.90 Å². The average molecular weight is 397 g/mol. The number of likely N-dealkylation sites (N-methyl/N-ethyl adjacent to an activating group) is 1. The molecule has 0 aliphatic heterocycles. The number of benzene rings is 2. The standard InChI is InChI=1S/C24H32N2O3/c1-4-22(24(28)25-5-2)26(18-20-15-13-19(3)14-16-20)23(27)12-9-17-29-21-10-7-6-8-11-21/h6-8,10-11,13-16,22H,4-5,9,12,17-18H2,1-3H3,(H,25,28)/t22-/m1/s1. The molecule has 5 nitrogen and oxygen atoms in total. The summed E-state index contributed by atoms with van der Waals surface area (Å²) in [6.45, 7) is 7.29. The molecule has 0 aliphatic carbocycles. The van der Waals surface area contributed by atoms with Crippen molar-refractivity contribution in [2.75, 3.05) is 13.2 Å². The summed E-state index contributed by atoms with van der Waals surface area (Å²) in [5.41, 5.74) is 2.19. The van der Waals surface area contributed by atoms with Crippen LogP contribution in [0.5, 0.6) is 5.75 Å². The van der Waals surface area contributed by atoms with Gasteiger partial charge in [0.2, 0.25) is 11.8 Å². The van der Waals surface area contributed by atoms with Crippen LogP contribution in [0, 0.1) is 6.92 Å². The number of carbonyl (C=O) groups excluding carboxylic acids is 2. The highest BCUT2D eigenvalue weighted by atomic mass is 16.5. The lowest BCUT2D eigenvalue weighted by Gasteiger charge is -2.30. The number of carbonyl (C=O) groups is 2.